The first-order valence-corrected chi connectivity index (χ1v) is 24.6. The Labute approximate surface area is 413 Å². The van der Waals surface area contributed by atoms with Crippen molar-refractivity contribution in [2.24, 2.45) is 0 Å². The van der Waals surface area contributed by atoms with Crippen LogP contribution in [0.25, 0.3) is 116 Å². The Morgan fingerprint density at radius 2 is 0.958 bits per heavy atom. The van der Waals surface area contributed by atoms with E-state index in [1.165, 1.54) is 71.3 Å². The van der Waals surface area contributed by atoms with Gasteiger partial charge in [-0.1, -0.05) is 207 Å². The maximum Gasteiger partial charge on any atom is 0.164 e. The van der Waals surface area contributed by atoms with Gasteiger partial charge in [-0.2, -0.15) is 0 Å². The van der Waals surface area contributed by atoms with Crippen molar-refractivity contribution in [1.29, 1.82) is 0 Å². The van der Waals surface area contributed by atoms with Gasteiger partial charge >= 0.3 is 0 Å². The van der Waals surface area contributed by atoms with Crippen molar-refractivity contribution in [2.75, 3.05) is 0 Å². The summed E-state index contributed by atoms with van der Waals surface area (Å²) in [6, 6.07) is 85.5. The highest BCUT2D eigenvalue weighted by atomic mass is 15.0. The molecule has 0 amide bonds. The Hall–Kier alpha value is -8.99. The van der Waals surface area contributed by atoms with E-state index in [4.69, 9.17) is 15.0 Å². The third kappa shape index (κ3) is 7.35. The number of aryl methyl sites for hydroxylation is 1. The van der Waals surface area contributed by atoms with Gasteiger partial charge in [-0.25, -0.2) is 15.0 Å². The van der Waals surface area contributed by atoms with Crippen LogP contribution in [-0.2, 0) is 0 Å². The Kier molecular flexibility index (Phi) is 10.4. The molecule has 13 rings (SSSR count). The van der Waals surface area contributed by atoms with E-state index in [1.807, 2.05) is 36.4 Å². The molecule has 0 fully saturated rings. The molecule has 0 saturated heterocycles. The standard InChI is InChI=1S/C67H48N4/c1-3-52(51-32-31-45-21-13-14-27-49(45)40-51)56-35-33-46-22-15-16-28-53(46)64(56)58-42-60-59-41-50(44-19-7-4-8-20-44)34-37-62(59)71(63(60)39-43(58)2)61-38-36-57(54-29-17-18-30-55(54)61)67-69-65(47-23-9-5-10-24-47)68-66(70-67)48-25-11-6-12-26-48/h4-42,52H,3H2,1-2H3. The third-order valence-electron chi connectivity index (χ3n) is 14.5. The fourth-order valence-corrected chi connectivity index (χ4v) is 11.1. The molecule has 0 spiro atoms. The van der Waals surface area contributed by atoms with E-state index < -0.39 is 0 Å². The van der Waals surface area contributed by atoms with E-state index in [9.17, 15) is 0 Å². The van der Waals surface area contributed by atoms with Gasteiger partial charge in [-0.3, -0.25) is 0 Å². The molecule has 336 valence electrons. The first-order valence-electron chi connectivity index (χ1n) is 24.6. The van der Waals surface area contributed by atoms with Gasteiger partial charge in [0.15, 0.2) is 17.5 Å². The molecular weight excluding hydrogens is 861 g/mol. The first kappa shape index (κ1) is 42.1. The summed E-state index contributed by atoms with van der Waals surface area (Å²) in [6.45, 7) is 4.62. The van der Waals surface area contributed by atoms with E-state index in [-0.39, 0.29) is 5.92 Å². The van der Waals surface area contributed by atoms with Crippen LogP contribution in [0, 0.1) is 6.92 Å². The van der Waals surface area contributed by atoms with Crippen LogP contribution in [0.2, 0.25) is 0 Å². The molecule has 0 radical (unpaired) electrons. The smallest absolute Gasteiger partial charge is 0.164 e. The highest BCUT2D eigenvalue weighted by Gasteiger charge is 2.24. The SMILES string of the molecule is CCC(c1ccc2ccccc2c1)c1ccc2ccccc2c1-c1cc2c3cc(-c4ccccc4)ccc3n(-c3ccc(-c4nc(-c5ccccc5)nc(-c5ccccc5)n4)c4ccccc34)c2cc1C. The molecule has 4 heteroatoms. The average Bonchev–Trinajstić information content (AvgIpc) is 3.75. The summed E-state index contributed by atoms with van der Waals surface area (Å²) < 4.78 is 2.48. The lowest BCUT2D eigenvalue weighted by atomic mass is 9.80. The maximum atomic E-state index is 5.18. The van der Waals surface area contributed by atoms with Crippen LogP contribution in [0.5, 0.6) is 0 Å². The molecule has 0 saturated carbocycles. The maximum absolute atomic E-state index is 5.18. The van der Waals surface area contributed by atoms with Gasteiger partial charge < -0.3 is 4.57 Å². The van der Waals surface area contributed by atoms with Crippen LogP contribution in [-0.4, -0.2) is 19.5 Å². The summed E-state index contributed by atoms with van der Waals surface area (Å²) >= 11 is 0. The second kappa shape index (κ2) is 17.5. The number of nitrogens with zero attached hydrogens (tertiary/aromatic N) is 4. The van der Waals surface area contributed by atoms with Crippen molar-refractivity contribution in [2.45, 2.75) is 26.2 Å². The highest BCUT2D eigenvalue weighted by Crippen LogP contribution is 2.46. The third-order valence-corrected chi connectivity index (χ3v) is 14.5. The van der Waals surface area contributed by atoms with Gasteiger partial charge in [0.2, 0.25) is 0 Å². The van der Waals surface area contributed by atoms with Crippen LogP contribution in [0.15, 0.2) is 237 Å². The van der Waals surface area contributed by atoms with Crippen molar-refractivity contribution in [3.05, 3.63) is 253 Å². The van der Waals surface area contributed by atoms with Gasteiger partial charge in [0.25, 0.3) is 0 Å². The summed E-state index contributed by atoms with van der Waals surface area (Å²) in [6.07, 6.45) is 0.972. The van der Waals surface area contributed by atoms with Gasteiger partial charge in [0, 0.05) is 38.8 Å². The van der Waals surface area contributed by atoms with Crippen LogP contribution < -0.4 is 0 Å². The van der Waals surface area contributed by atoms with E-state index >= 15 is 0 Å². The normalized spacial score (nSPS) is 12.1. The minimum absolute atomic E-state index is 0.196. The second-order valence-electron chi connectivity index (χ2n) is 18.7. The number of fused-ring (bicyclic) bond motifs is 6. The van der Waals surface area contributed by atoms with E-state index in [0.717, 1.165) is 50.6 Å². The summed E-state index contributed by atoms with van der Waals surface area (Å²) in [5, 5.41) is 9.64. The summed E-state index contributed by atoms with van der Waals surface area (Å²) in [5.74, 6) is 2.11. The second-order valence-corrected chi connectivity index (χ2v) is 18.7. The lowest BCUT2D eigenvalue weighted by Crippen LogP contribution is -2.04. The average molecular weight is 909 g/mol. The Balaban J connectivity index is 1.05. The number of hydrogen-bond acceptors (Lipinski definition) is 3. The van der Waals surface area contributed by atoms with Crippen molar-refractivity contribution in [3.8, 4) is 62.1 Å². The minimum atomic E-state index is 0.196. The zero-order chi connectivity index (χ0) is 47.4. The molecule has 0 N–H and O–H groups in total. The van der Waals surface area contributed by atoms with E-state index in [0.29, 0.717) is 17.5 Å². The predicted octanol–water partition coefficient (Wildman–Crippen LogP) is 17.6. The Bertz CT molecular complexity index is 4100. The van der Waals surface area contributed by atoms with Gasteiger partial charge in [0.05, 0.1) is 16.7 Å². The fourth-order valence-electron chi connectivity index (χ4n) is 11.1. The summed E-state index contributed by atoms with van der Waals surface area (Å²) in [4.78, 5) is 15.4. The lowest BCUT2D eigenvalue weighted by molar-refractivity contribution is 0.781. The minimum Gasteiger partial charge on any atom is -0.309 e. The molecule has 0 aliphatic heterocycles. The fraction of sp³-hybridized carbons (Fsp3) is 0.0597. The monoisotopic (exact) mass is 908 g/mol. The largest absolute Gasteiger partial charge is 0.309 e. The first-order chi connectivity index (χ1) is 35.1. The molecule has 0 aliphatic carbocycles. The molecule has 1 unspecified atom stereocenters. The van der Waals surface area contributed by atoms with Crippen LogP contribution in [0.4, 0.5) is 0 Å². The molecule has 0 aliphatic rings. The van der Waals surface area contributed by atoms with Crippen molar-refractivity contribution >= 4 is 54.1 Å². The van der Waals surface area contributed by atoms with Crippen LogP contribution in [0.1, 0.15) is 36.0 Å². The molecule has 13 aromatic rings. The van der Waals surface area contributed by atoms with Crippen LogP contribution in [0.3, 0.4) is 0 Å². The number of benzene rings is 11. The van der Waals surface area contributed by atoms with E-state index in [1.54, 1.807) is 0 Å². The highest BCUT2D eigenvalue weighted by molar-refractivity contribution is 6.15. The molecule has 71 heavy (non-hydrogen) atoms. The number of rotatable bonds is 9. The number of aromatic nitrogens is 4. The van der Waals surface area contributed by atoms with Crippen LogP contribution >= 0.6 is 0 Å². The quantitative estimate of drug-likeness (QED) is 0.145. The van der Waals surface area contributed by atoms with E-state index in [2.05, 4.69) is 219 Å². The zero-order valence-electron chi connectivity index (χ0n) is 39.6. The molecule has 2 aromatic heterocycles. The Morgan fingerprint density at radius 1 is 0.380 bits per heavy atom. The zero-order valence-corrected chi connectivity index (χ0v) is 39.6. The summed E-state index contributed by atoms with van der Waals surface area (Å²) in [5.41, 5.74) is 15.1. The molecule has 11 aromatic carbocycles. The molecule has 1 atom stereocenters. The van der Waals surface area contributed by atoms with Crippen molar-refractivity contribution < 1.29 is 0 Å². The predicted molar refractivity (Wildman–Crippen MR) is 297 cm³/mol. The molecular formula is C67H48N4. The lowest BCUT2D eigenvalue weighted by Gasteiger charge is -2.23. The van der Waals surface area contributed by atoms with Gasteiger partial charge in [-0.15, -0.1) is 0 Å². The summed E-state index contributed by atoms with van der Waals surface area (Å²) in [7, 11) is 0. The van der Waals surface area contributed by atoms with Gasteiger partial charge in [0.1, 0.15) is 0 Å². The molecule has 2 heterocycles. The van der Waals surface area contributed by atoms with Gasteiger partial charge in [-0.05, 0) is 116 Å². The number of hydrogen-bond donors (Lipinski definition) is 0. The van der Waals surface area contributed by atoms with Crippen molar-refractivity contribution in [3.63, 3.8) is 0 Å². The van der Waals surface area contributed by atoms with Crippen molar-refractivity contribution in [1.82, 2.24) is 19.5 Å². The topological polar surface area (TPSA) is 43.6 Å². The Morgan fingerprint density at radius 3 is 1.66 bits per heavy atom. The molecule has 4 nitrogen and oxygen atoms in total. The molecule has 0 bridgehead atoms.